The summed E-state index contributed by atoms with van der Waals surface area (Å²) in [4.78, 5) is 34.7. The molecule has 2 N–H and O–H groups in total. The van der Waals surface area contributed by atoms with E-state index in [0.29, 0.717) is 25.7 Å². The number of amides is 2. The molecule has 1 unspecified atom stereocenters. The SMILES string of the molecule is O=C(NC1CCC(CN2C(=O)C(O)(c3ccncc3F)c3c(F)cccc32)CC1)c1cc(Cl)cnc1C(F)F. The maximum atomic E-state index is 15.0. The van der Waals surface area contributed by atoms with Crippen molar-refractivity contribution in [3.05, 3.63) is 88.0 Å². The molecule has 1 fully saturated rings. The van der Waals surface area contributed by atoms with Crippen LogP contribution in [0.15, 0.2) is 48.9 Å². The third-order valence-corrected chi connectivity index (χ3v) is 7.53. The number of anilines is 1. The molecule has 2 amide bonds. The number of benzene rings is 1. The van der Waals surface area contributed by atoms with Gasteiger partial charge in [-0.15, -0.1) is 0 Å². The number of nitrogens with zero attached hydrogens (tertiary/aromatic N) is 3. The normalized spacial score (nSPS) is 22.7. The molecule has 1 aliphatic carbocycles. The lowest BCUT2D eigenvalue weighted by Crippen LogP contribution is -2.45. The minimum absolute atomic E-state index is 0.0619. The monoisotopic (exact) mass is 562 g/mol. The first-order valence-electron chi connectivity index (χ1n) is 12.3. The number of halogens is 5. The lowest BCUT2D eigenvalue weighted by atomic mass is 9.85. The number of aliphatic hydroxyl groups is 1. The average molecular weight is 563 g/mol. The van der Waals surface area contributed by atoms with E-state index in [1.165, 1.54) is 23.2 Å². The third kappa shape index (κ3) is 4.85. The van der Waals surface area contributed by atoms with Gasteiger partial charge in [0.15, 0.2) is 0 Å². The number of alkyl halides is 2. The second-order valence-electron chi connectivity index (χ2n) is 9.69. The van der Waals surface area contributed by atoms with E-state index >= 15 is 0 Å². The van der Waals surface area contributed by atoms with E-state index in [-0.39, 0.29) is 45.9 Å². The van der Waals surface area contributed by atoms with Crippen LogP contribution in [0.5, 0.6) is 0 Å². The largest absolute Gasteiger partial charge is 0.371 e. The Morgan fingerprint density at radius 2 is 1.90 bits per heavy atom. The fourth-order valence-electron chi connectivity index (χ4n) is 5.42. The van der Waals surface area contributed by atoms with E-state index in [2.05, 4.69) is 15.3 Å². The Morgan fingerprint density at radius 3 is 2.59 bits per heavy atom. The maximum absolute atomic E-state index is 15.0. The van der Waals surface area contributed by atoms with Crippen LogP contribution < -0.4 is 10.2 Å². The molecule has 2 aromatic heterocycles. The summed E-state index contributed by atoms with van der Waals surface area (Å²) in [5.41, 5.74) is -4.04. The van der Waals surface area contributed by atoms with Gasteiger partial charge in [-0.3, -0.25) is 19.6 Å². The summed E-state index contributed by atoms with van der Waals surface area (Å²) in [5, 5.41) is 14.3. The van der Waals surface area contributed by atoms with Crippen molar-refractivity contribution in [3.63, 3.8) is 0 Å². The molecule has 12 heteroatoms. The summed E-state index contributed by atoms with van der Waals surface area (Å²) < 4.78 is 56.2. The summed E-state index contributed by atoms with van der Waals surface area (Å²) >= 11 is 5.85. The summed E-state index contributed by atoms with van der Waals surface area (Å²) in [6, 6.07) is 6.00. The van der Waals surface area contributed by atoms with Gasteiger partial charge >= 0.3 is 0 Å². The molecule has 0 spiro atoms. The van der Waals surface area contributed by atoms with Gasteiger partial charge in [-0.25, -0.2) is 17.6 Å². The van der Waals surface area contributed by atoms with E-state index < -0.39 is 41.2 Å². The maximum Gasteiger partial charge on any atom is 0.281 e. The van der Waals surface area contributed by atoms with E-state index in [1.54, 1.807) is 0 Å². The zero-order valence-corrected chi connectivity index (χ0v) is 21.1. The Hall–Kier alpha value is -3.57. The van der Waals surface area contributed by atoms with Crippen molar-refractivity contribution in [1.82, 2.24) is 15.3 Å². The number of rotatable bonds is 6. The number of pyridine rings is 2. The minimum atomic E-state index is -2.94. The first kappa shape index (κ1) is 27.0. The smallest absolute Gasteiger partial charge is 0.281 e. The molecule has 0 saturated heterocycles. The van der Waals surface area contributed by atoms with Crippen LogP contribution >= 0.6 is 11.6 Å². The molecule has 1 aromatic carbocycles. The Labute approximate surface area is 225 Å². The number of fused-ring (bicyclic) bond motifs is 1. The predicted octanol–water partition coefficient (Wildman–Crippen LogP) is 4.92. The Morgan fingerprint density at radius 1 is 1.15 bits per heavy atom. The molecular formula is C27H23ClF4N4O3. The van der Waals surface area contributed by atoms with Gasteiger partial charge in [0.1, 0.15) is 17.3 Å². The number of carbonyl (C=O) groups is 2. The fourth-order valence-corrected chi connectivity index (χ4v) is 5.58. The second kappa shape index (κ2) is 10.5. The van der Waals surface area contributed by atoms with Crippen LogP contribution in [-0.4, -0.2) is 39.5 Å². The lowest BCUT2D eigenvalue weighted by molar-refractivity contribution is -0.132. The number of nitrogens with one attached hydrogen (secondary N) is 1. The minimum Gasteiger partial charge on any atom is -0.371 e. The quantitative estimate of drug-likeness (QED) is 0.416. The lowest BCUT2D eigenvalue weighted by Gasteiger charge is -2.32. The van der Waals surface area contributed by atoms with E-state index in [9.17, 15) is 32.3 Å². The molecule has 5 rings (SSSR count). The van der Waals surface area contributed by atoms with Crippen LogP contribution in [-0.2, 0) is 10.4 Å². The van der Waals surface area contributed by atoms with Crippen LogP contribution in [0.2, 0.25) is 5.02 Å². The van der Waals surface area contributed by atoms with Crippen molar-refractivity contribution in [3.8, 4) is 0 Å². The third-order valence-electron chi connectivity index (χ3n) is 7.32. The highest BCUT2D eigenvalue weighted by Crippen LogP contribution is 2.47. The van der Waals surface area contributed by atoms with Gasteiger partial charge in [0.05, 0.1) is 28.0 Å². The highest BCUT2D eigenvalue weighted by molar-refractivity contribution is 6.30. The van der Waals surface area contributed by atoms with Crippen LogP contribution in [0.1, 0.15) is 59.3 Å². The molecule has 39 heavy (non-hydrogen) atoms. The van der Waals surface area contributed by atoms with E-state index in [0.717, 1.165) is 30.6 Å². The van der Waals surface area contributed by atoms with Gasteiger partial charge in [-0.05, 0) is 55.9 Å². The average Bonchev–Trinajstić information content (AvgIpc) is 3.13. The zero-order valence-electron chi connectivity index (χ0n) is 20.4. The van der Waals surface area contributed by atoms with Crippen molar-refractivity contribution < 1.29 is 32.3 Å². The molecule has 0 radical (unpaired) electrons. The standard InChI is InChI=1S/C27H23ClF4N4O3/c28-15-10-17(23(24(31)32)34-11-15)25(37)35-16-6-4-14(5-7-16)13-36-21-3-1-2-19(29)22(21)27(39,26(36)38)18-8-9-33-12-20(18)30/h1-3,8-12,14,16,24,39H,4-7,13H2,(H,35,37). The molecule has 7 nitrogen and oxygen atoms in total. The van der Waals surface area contributed by atoms with Gasteiger partial charge in [-0.2, -0.15) is 0 Å². The number of hydrogen-bond acceptors (Lipinski definition) is 5. The molecule has 1 aliphatic heterocycles. The van der Waals surface area contributed by atoms with Crippen LogP contribution in [0, 0.1) is 17.6 Å². The molecule has 3 heterocycles. The highest BCUT2D eigenvalue weighted by atomic mass is 35.5. The molecular weight excluding hydrogens is 540 g/mol. The van der Waals surface area contributed by atoms with Crippen LogP contribution in [0.4, 0.5) is 23.2 Å². The van der Waals surface area contributed by atoms with Crippen molar-refractivity contribution in [2.45, 2.75) is 43.8 Å². The Kier molecular flexibility index (Phi) is 7.30. The first-order chi connectivity index (χ1) is 18.6. The van der Waals surface area contributed by atoms with Gasteiger partial charge < -0.3 is 15.3 Å². The van der Waals surface area contributed by atoms with Gasteiger partial charge in [0.2, 0.25) is 5.60 Å². The van der Waals surface area contributed by atoms with Crippen LogP contribution in [0.25, 0.3) is 0 Å². The summed E-state index contributed by atoms with van der Waals surface area (Å²) in [6.45, 7) is 0.138. The van der Waals surface area contributed by atoms with Gasteiger partial charge in [-0.1, -0.05) is 17.7 Å². The molecule has 204 valence electrons. The molecule has 3 aromatic rings. The topological polar surface area (TPSA) is 95.4 Å². The van der Waals surface area contributed by atoms with Crippen molar-refractivity contribution >= 4 is 29.1 Å². The number of hydrogen-bond donors (Lipinski definition) is 2. The molecule has 1 atom stereocenters. The summed E-state index contributed by atoms with van der Waals surface area (Å²) in [5.74, 6) is -3.42. The summed E-state index contributed by atoms with van der Waals surface area (Å²) in [7, 11) is 0. The van der Waals surface area contributed by atoms with Crippen molar-refractivity contribution in [2.75, 3.05) is 11.4 Å². The van der Waals surface area contributed by atoms with Gasteiger partial charge in [0, 0.05) is 30.5 Å². The van der Waals surface area contributed by atoms with E-state index in [1.807, 2.05) is 0 Å². The Bertz CT molecular complexity index is 1430. The second-order valence-corrected chi connectivity index (χ2v) is 10.1. The Balaban J connectivity index is 1.30. The molecule has 2 aliphatic rings. The molecule has 0 bridgehead atoms. The zero-order chi connectivity index (χ0) is 27.9. The summed E-state index contributed by atoms with van der Waals surface area (Å²) in [6.07, 6.45) is 2.27. The van der Waals surface area contributed by atoms with E-state index in [4.69, 9.17) is 11.6 Å². The highest BCUT2D eigenvalue weighted by Gasteiger charge is 2.54. The van der Waals surface area contributed by atoms with Crippen LogP contribution in [0.3, 0.4) is 0 Å². The number of aromatic nitrogens is 2. The molecule has 1 saturated carbocycles. The fraction of sp³-hybridized carbons (Fsp3) is 0.333. The first-order valence-corrected chi connectivity index (χ1v) is 12.7. The van der Waals surface area contributed by atoms with Gasteiger partial charge in [0.25, 0.3) is 18.2 Å². The predicted molar refractivity (Wildman–Crippen MR) is 133 cm³/mol. The number of carbonyl (C=O) groups excluding carboxylic acids is 2. The van der Waals surface area contributed by atoms with Crippen molar-refractivity contribution in [1.29, 1.82) is 0 Å². The van der Waals surface area contributed by atoms with Crippen molar-refractivity contribution in [2.24, 2.45) is 5.92 Å².